The van der Waals surface area contributed by atoms with E-state index in [4.69, 9.17) is 0 Å². The summed E-state index contributed by atoms with van der Waals surface area (Å²) in [6.45, 7) is 2.69. The molecule has 1 aliphatic heterocycles. The highest BCUT2D eigenvalue weighted by atomic mass is 16.2. The van der Waals surface area contributed by atoms with Gasteiger partial charge in [0.25, 0.3) is 5.91 Å². The smallest absolute Gasteiger partial charge is 0.256 e. The second-order valence-electron chi connectivity index (χ2n) is 6.08. The van der Waals surface area contributed by atoms with Crippen molar-refractivity contribution in [3.8, 4) is 0 Å². The average Bonchev–Trinajstić information content (AvgIpc) is 2.62. The summed E-state index contributed by atoms with van der Waals surface area (Å²) in [5, 5.41) is 7.61. The first-order valence-corrected chi connectivity index (χ1v) is 8.04. The summed E-state index contributed by atoms with van der Waals surface area (Å²) >= 11 is 0. The molecule has 0 bridgehead atoms. The van der Waals surface area contributed by atoms with Crippen molar-refractivity contribution in [1.29, 1.82) is 0 Å². The molecule has 5 heteroatoms. The number of piperidine rings is 1. The number of hydrogen-bond acceptors (Lipinski definition) is 4. The van der Waals surface area contributed by atoms with Crippen molar-refractivity contribution in [2.45, 2.75) is 25.4 Å². The van der Waals surface area contributed by atoms with E-state index >= 15 is 0 Å². The molecule has 1 amide bonds. The summed E-state index contributed by atoms with van der Waals surface area (Å²) in [7, 11) is 2.13. The van der Waals surface area contributed by atoms with E-state index in [-0.39, 0.29) is 11.9 Å². The van der Waals surface area contributed by atoms with Gasteiger partial charge in [0, 0.05) is 12.6 Å². The van der Waals surface area contributed by atoms with Crippen molar-refractivity contribution in [3.63, 3.8) is 0 Å². The van der Waals surface area contributed by atoms with E-state index < -0.39 is 0 Å². The predicted octanol–water partition coefficient (Wildman–Crippen LogP) is 2.21. The molecule has 1 fully saturated rings. The van der Waals surface area contributed by atoms with Crippen LogP contribution in [-0.4, -0.2) is 52.1 Å². The first-order valence-electron chi connectivity index (χ1n) is 8.04. The molecule has 2 heterocycles. The molecule has 1 saturated heterocycles. The second kappa shape index (κ2) is 7.33. The van der Waals surface area contributed by atoms with E-state index in [1.807, 2.05) is 23.1 Å². The third-order valence-electron chi connectivity index (χ3n) is 4.42. The molecular formula is C18H22N4O. The van der Waals surface area contributed by atoms with E-state index in [9.17, 15) is 4.79 Å². The Morgan fingerprint density at radius 1 is 1.17 bits per heavy atom. The molecule has 0 spiro atoms. The summed E-state index contributed by atoms with van der Waals surface area (Å²) in [4.78, 5) is 17.3. The Hall–Kier alpha value is -2.27. The van der Waals surface area contributed by atoms with Crippen molar-refractivity contribution in [2.24, 2.45) is 0 Å². The molecule has 0 N–H and O–H groups in total. The van der Waals surface area contributed by atoms with Crippen molar-refractivity contribution >= 4 is 5.91 Å². The van der Waals surface area contributed by atoms with Crippen LogP contribution in [0.1, 0.15) is 28.8 Å². The van der Waals surface area contributed by atoms with Crippen LogP contribution in [0.4, 0.5) is 0 Å². The maximum Gasteiger partial charge on any atom is 0.256 e. The second-order valence-corrected chi connectivity index (χ2v) is 6.08. The first kappa shape index (κ1) is 15.6. The maximum absolute atomic E-state index is 13.0. The van der Waals surface area contributed by atoms with Gasteiger partial charge in [-0.25, -0.2) is 0 Å². The van der Waals surface area contributed by atoms with Crippen LogP contribution in [0.5, 0.6) is 0 Å². The zero-order valence-electron chi connectivity index (χ0n) is 13.4. The topological polar surface area (TPSA) is 49.3 Å². The minimum absolute atomic E-state index is 0.0401. The number of hydrogen-bond donors (Lipinski definition) is 0. The molecule has 5 nitrogen and oxygen atoms in total. The van der Waals surface area contributed by atoms with E-state index in [1.54, 1.807) is 18.5 Å². The Morgan fingerprint density at radius 2 is 1.91 bits per heavy atom. The van der Waals surface area contributed by atoms with Gasteiger partial charge in [-0.15, -0.1) is 0 Å². The van der Waals surface area contributed by atoms with Gasteiger partial charge in [-0.2, -0.15) is 10.2 Å². The highest BCUT2D eigenvalue weighted by Gasteiger charge is 2.27. The highest BCUT2D eigenvalue weighted by molar-refractivity contribution is 5.94. The van der Waals surface area contributed by atoms with E-state index in [2.05, 4.69) is 34.3 Å². The zero-order valence-corrected chi connectivity index (χ0v) is 13.4. The Labute approximate surface area is 136 Å². The standard InChI is InChI=1S/C18H22N4O/c1-21-11-8-17(9-12-21)22(14-15-5-3-2-4-6-15)18(23)16-7-10-19-20-13-16/h2-7,10,13,17H,8-9,11-12,14H2,1H3. The van der Waals surface area contributed by atoms with Crippen LogP contribution in [-0.2, 0) is 6.54 Å². The Morgan fingerprint density at radius 3 is 2.57 bits per heavy atom. The van der Waals surface area contributed by atoms with Gasteiger partial charge in [0.15, 0.2) is 0 Å². The number of nitrogens with zero attached hydrogens (tertiary/aromatic N) is 4. The normalized spacial score (nSPS) is 16.2. The van der Waals surface area contributed by atoms with Crippen LogP contribution in [0, 0.1) is 0 Å². The van der Waals surface area contributed by atoms with Crippen LogP contribution >= 0.6 is 0 Å². The van der Waals surface area contributed by atoms with E-state index in [0.717, 1.165) is 31.5 Å². The molecule has 2 aromatic rings. The van der Waals surface area contributed by atoms with Gasteiger partial charge in [0.1, 0.15) is 0 Å². The van der Waals surface area contributed by atoms with E-state index in [1.165, 1.54) is 0 Å². The molecule has 0 atom stereocenters. The fraction of sp³-hybridized carbons (Fsp3) is 0.389. The number of carbonyl (C=O) groups excluding carboxylic acids is 1. The predicted molar refractivity (Wildman–Crippen MR) is 88.9 cm³/mol. The number of carbonyl (C=O) groups is 1. The van der Waals surface area contributed by atoms with Crippen molar-refractivity contribution in [1.82, 2.24) is 20.0 Å². The van der Waals surface area contributed by atoms with Crippen LogP contribution < -0.4 is 0 Å². The summed E-state index contributed by atoms with van der Waals surface area (Å²) in [6.07, 6.45) is 5.14. The molecule has 0 saturated carbocycles. The Balaban J connectivity index is 1.82. The SMILES string of the molecule is CN1CCC(N(Cc2ccccc2)C(=O)c2ccnnc2)CC1. The lowest BCUT2D eigenvalue weighted by atomic mass is 10.0. The average molecular weight is 310 g/mol. The van der Waals surface area contributed by atoms with Gasteiger partial charge in [-0.05, 0) is 44.6 Å². The molecular weight excluding hydrogens is 288 g/mol. The van der Waals surface area contributed by atoms with E-state index in [0.29, 0.717) is 12.1 Å². The molecule has 1 aliphatic rings. The third kappa shape index (κ3) is 3.93. The summed E-state index contributed by atoms with van der Waals surface area (Å²) in [6, 6.07) is 12.2. The minimum Gasteiger partial charge on any atom is -0.331 e. The number of amides is 1. The van der Waals surface area contributed by atoms with Crippen molar-refractivity contribution in [2.75, 3.05) is 20.1 Å². The molecule has 1 aromatic heterocycles. The number of benzene rings is 1. The Kier molecular flexibility index (Phi) is 4.98. The highest BCUT2D eigenvalue weighted by Crippen LogP contribution is 2.20. The number of rotatable bonds is 4. The van der Waals surface area contributed by atoms with Gasteiger partial charge in [0.05, 0.1) is 18.0 Å². The van der Waals surface area contributed by atoms with Crippen LogP contribution in [0.3, 0.4) is 0 Å². The molecule has 3 rings (SSSR count). The minimum atomic E-state index is 0.0401. The molecule has 0 unspecified atom stereocenters. The monoisotopic (exact) mass is 310 g/mol. The van der Waals surface area contributed by atoms with Gasteiger partial charge in [-0.1, -0.05) is 30.3 Å². The van der Waals surface area contributed by atoms with Crippen LogP contribution in [0.2, 0.25) is 0 Å². The maximum atomic E-state index is 13.0. The number of aromatic nitrogens is 2. The van der Waals surface area contributed by atoms with Gasteiger partial charge in [-0.3, -0.25) is 4.79 Å². The van der Waals surface area contributed by atoms with Crippen molar-refractivity contribution in [3.05, 3.63) is 59.9 Å². The zero-order chi connectivity index (χ0) is 16.1. The summed E-state index contributed by atoms with van der Waals surface area (Å²) < 4.78 is 0. The van der Waals surface area contributed by atoms with Crippen LogP contribution in [0.15, 0.2) is 48.8 Å². The quantitative estimate of drug-likeness (QED) is 0.869. The Bertz CT molecular complexity index is 624. The first-order chi connectivity index (χ1) is 11.2. The van der Waals surface area contributed by atoms with Gasteiger partial charge in [0.2, 0.25) is 0 Å². The summed E-state index contributed by atoms with van der Waals surface area (Å²) in [5.41, 5.74) is 1.76. The molecule has 0 radical (unpaired) electrons. The molecule has 0 aliphatic carbocycles. The summed E-state index contributed by atoms with van der Waals surface area (Å²) in [5.74, 6) is 0.0401. The van der Waals surface area contributed by atoms with Gasteiger partial charge >= 0.3 is 0 Å². The lowest BCUT2D eigenvalue weighted by Gasteiger charge is -2.37. The fourth-order valence-electron chi connectivity index (χ4n) is 3.04. The lowest BCUT2D eigenvalue weighted by Crippen LogP contribution is -2.46. The van der Waals surface area contributed by atoms with Crippen molar-refractivity contribution < 1.29 is 4.79 Å². The third-order valence-corrected chi connectivity index (χ3v) is 4.42. The molecule has 23 heavy (non-hydrogen) atoms. The lowest BCUT2D eigenvalue weighted by molar-refractivity contribution is 0.0569. The molecule has 1 aromatic carbocycles. The fourth-order valence-corrected chi connectivity index (χ4v) is 3.04. The number of likely N-dealkylation sites (tertiary alicyclic amines) is 1. The molecule has 120 valence electrons. The largest absolute Gasteiger partial charge is 0.331 e. The van der Waals surface area contributed by atoms with Gasteiger partial charge < -0.3 is 9.80 Å². The van der Waals surface area contributed by atoms with Crippen LogP contribution in [0.25, 0.3) is 0 Å².